The van der Waals surface area contributed by atoms with Crippen LogP contribution in [0.15, 0.2) is 11.6 Å². The topological polar surface area (TPSA) is 152 Å². The van der Waals surface area contributed by atoms with E-state index in [0.29, 0.717) is 36.9 Å². The smallest absolute Gasteiger partial charge is 0.303 e. The first-order valence-electron chi connectivity index (χ1n) is 20.7. The summed E-state index contributed by atoms with van der Waals surface area (Å²) in [6, 6.07) is 0. The van der Waals surface area contributed by atoms with E-state index in [1.54, 1.807) is 0 Å². The van der Waals surface area contributed by atoms with Gasteiger partial charge in [-0.2, -0.15) is 0 Å². The Morgan fingerprint density at radius 3 is 2.00 bits per heavy atom. The summed E-state index contributed by atoms with van der Waals surface area (Å²) in [4.78, 5) is 63.0. The molecule has 0 aromatic rings. The van der Waals surface area contributed by atoms with E-state index >= 15 is 0 Å². The van der Waals surface area contributed by atoms with Gasteiger partial charge in [0.25, 0.3) is 0 Å². The summed E-state index contributed by atoms with van der Waals surface area (Å²) in [5.41, 5.74) is 0.206. The molecule has 1 saturated heterocycles. The Hall–Kier alpha value is -2.79. The highest BCUT2D eigenvalue weighted by Crippen LogP contribution is 2.76. The zero-order valence-corrected chi connectivity index (χ0v) is 35.1. The number of aliphatic hydroxyl groups is 1. The molecule has 0 bridgehead atoms. The number of esters is 4. The predicted octanol–water partition coefficient (Wildman–Crippen LogP) is 6.84. The number of aliphatic hydroxyl groups excluding tert-OH is 1. The summed E-state index contributed by atoms with van der Waals surface area (Å²) in [7, 11) is 0. The van der Waals surface area contributed by atoms with Gasteiger partial charge in [-0.15, -0.1) is 0 Å². The first kappa shape index (κ1) is 41.8. The Bertz CT molecular complexity index is 1610. The lowest BCUT2D eigenvalue weighted by Gasteiger charge is -2.71. The first-order chi connectivity index (χ1) is 25.4. The molecule has 6 aliphatic rings. The number of rotatable bonds is 7. The highest BCUT2D eigenvalue weighted by atomic mass is 16.7. The van der Waals surface area contributed by atoms with Gasteiger partial charge >= 0.3 is 23.9 Å². The molecule has 1 heterocycles. The maximum absolute atomic E-state index is 13.3. The third-order valence-electron chi connectivity index (χ3n) is 16.4. The van der Waals surface area contributed by atoms with Gasteiger partial charge in [0.05, 0.1) is 6.10 Å². The number of carbonyl (C=O) groups is 5. The molecule has 0 aromatic carbocycles. The lowest BCUT2D eigenvalue weighted by atomic mass is 9.33. The van der Waals surface area contributed by atoms with Gasteiger partial charge in [0, 0.05) is 44.9 Å². The Balaban J connectivity index is 1.44. The molecular weight excluding hydrogens is 704 g/mol. The number of hydrogen-bond donors (Lipinski definition) is 1. The average molecular weight is 771 g/mol. The van der Waals surface area contributed by atoms with Gasteiger partial charge in [-0.3, -0.25) is 24.0 Å². The molecule has 1 N–H and O–H groups in total. The van der Waals surface area contributed by atoms with Crippen LogP contribution in [0.5, 0.6) is 0 Å². The summed E-state index contributed by atoms with van der Waals surface area (Å²) >= 11 is 0. The molecule has 55 heavy (non-hydrogen) atoms. The van der Waals surface area contributed by atoms with Crippen LogP contribution in [-0.2, 0) is 47.7 Å². The van der Waals surface area contributed by atoms with Gasteiger partial charge < -0.3 is 28.8 Å². The van der Waals surface area contributed by atoms with Crippen molar-refractivity contribution in [3.63, 3.8) is 0 Å². The molecule has 0 spiro atoms. The van der Waals surface area contributed by atoms with Crippen molar-refractivity contribution in [2.24, 2.45) is 50.2 Å². The number of ketones is 1. The van der Waals surface area contributed by atoms with Crippen LogP contribution in [0, 0.1) is 50.2 Å². The van der Waals surface area contributed by atoms with Crippen molar-refractivity contribution in [1.82, 2.24) is 0 Å². The van der Waals surface area contributed by atoms with E-state index in [-0.39, 0.29) is 39.6 Å². The number of allylic oxidation sites excluding steroid dienone is 2. The van der Waals surface area contributed by atoms with Crippen LogP contribution in [-0.4, -0.2) is 78.0 Å². The predicted molar refractivity (Wildman–Crippen MR) is 202 cm³/mol. The van der Waals surface area contributed by atoms with E-state index < -0.39 is 65.9 Å². The highest BCUT2D eigenvalue weighted by molar-refractivity contribution is 5.85. The molecule has 0 radical (unpaired) electrons. The van der Waals surface area contributed by atoms with E-state index in [1.807, 2.05) is 0 Å². The van der Waals surface area contributed by atoms with E-state index in [2.05, 4.69) is 54.5 Å². The Morgan fingerprint density at radius 1 is 0.782 bits per heavy atom. The van der Waals surface area contributed by atoms with E-state index in [1.165, 1.54) is 33.3 Å². The van der Waals surface area contributed by atoms with Gasteiger partial charge in [-0.1, -0.05) is 60.1 Å². The lowest BCUT2D eigenvalue weighted by molar-refractivity contribution is -0.282. The number of fused-ring (bicyclic) bond motifs is 7. The van der Waals surface area contributed by atoms with Crippen molar-refractivity contribution in [2.75, 3.05) is 6.61 Å². The molecule has 0 aromatic heterocycles. The van der Waals surface area contributed by atoms with Crippen LogP contribution in [0.25, 0.3) is 0 Å². The third kappa shape index (κ3) is 6.78. The number of Topliss-reactive ketones (excluding diaryl/α,β-unsaturated/α-hetero) is 1. The van der Waals surface area contributed by atoms with Gasteiger partial charge in [-0.25, -0.2) is 0 Å². The summed E-state index contributed by atoms with van der Waals surface area (Å²) in [5, 5.41) is 13.1. The van der Waals surface area contributed by atoms with Gasteiger partial charge in [0.1, 0.15) is 24.6 Å². The van der Waals surface area contributed by atoms with Crippen molar-refractivity contribution < 1.29 is 52.8 Å². The van der Waals surface area contributed by atoms with Gasteiger partial charge in [0.2, 0.25) is 0 Å². The second-order valence-electron chi connectivity index (χ2n) is 20.2. The van der Waals surface area contributed by atoms with Crippen molar-refractivity contribution >= 4 is 29.7 Å². The molecule has 6 rings (SSSR count). The molecule has 308 valence electrons. The van der Waals surface area contributed by atoms with Crippen LogP contribution < -0.4 is 0 Å². The Labute approximate surface area is 327 Å². The van der Waals surface area contributed by atoms with Crippen LogP contribution in [0.3, 0.4) is 0 Å². The minimum atomic E-state index is -1.33. The quantitative estimate of drug-likeness (QED) is 0.165. The molecule has 5 fully saturated rings. The summed E-state index contributed by atoms with van der Waals surface area (Å²) in [5.74, 6) is -1.55. The number of ether oxygens (including phenoxy) is 5. The third-order valence-corrected chi connectivity index (χ3v) is 16.4. The zero-order chi connectivity index (χ0) is 40.7. The van der Waals surface area contributed by atoms with Crippen molar-refractivity contribution in [3.8, 4) is 0 Å². The number of carbonyl (C=O) groups excluding carboxylic acids is 5. The first-order valence-corrected chi connectivity index (χ1v) is 20.7. The molecule has 0 amide bonds. The maximum Gasteiger partial charge on any atom is 0.303 e. The molecule has 4 saturated carbocycles. The molecule has 5 aliphatic carbocycles. The average Bonchev–Trinajstić information content (AvgIpc) is 3.06. The van der Waals surface area contributed by atoms with Gasteiger partial charge in [-0.05, 0) is 97.2 Å². The Kier molecular flexibility index (Phi) is 10.8. The minimum absolute atomic E-state index is 0.0105. The van der Waals surface area contributed by atoms with Gasteiger partial charge in [0.15, 0.2) is 18.3 Å². The molecule has 1 aliphatic heterocycles. The van der Waals surface area contributed by atoms with E-state index in [4.69, 9.17) is 23.7 Å². The second kappa shape index (κ2) is 14.2. The second-order valence-corrected chi connectivity index (χ2v) is 20.2. The standard InChI is InChI=1S/C44H66O11/c1-24(45)51-23-30-34(52-25(2)46)35(53-26(3)47)36(54-27(4)48)37(55-30)38(50)44-20-18-39(5,6)22-29(44)28-12-13-32-41(9)16-15-33(49)40(7,8)31(41)14-17-43(32,11)42(28,10)19-21-44/h12,29-32,34-38,50H,13-23H2,1-11H3/t29?,30?,31?,32?,34-,35?,36?,37-,38?,41+,42-,43-,44+/m1/s1. The highest BCUT2D eigenvalue weighted by Gasteiger charge is 2.70. The minimum Gasteiger partial charge on any atom is -0.463 e. The van der Waals surface area contributed by atoms with Crippen LogP contribution >= 0.6 is 0 Å². The largest absolute Gasteiger partial charge is 0.463 e. The van der Waals surface area contributed by atoms with Crippen LogP contribution in [0.1, 0.15) is 140 Å². The summed E-state index contributed by atoms with van der Waals surface area (Å²) in [6.45, 7) is 20.9. The fraction of sp³-hybridized carbons (Fsp3) is 0.841. The van der Waals surface area contributed by atoms with Crippen molar-refractivity contribution in [3.05, 3.63) is 11.6 Å². The van der Waals surface area contributed by atoms with E-state index in [9.17, 15) is 29.1 Å². The zero-order valence-electron chi connectivity index (χ0n) is 35.1. The van der Waals surface area contributed by atoms with Crippen molar-refractivity contribution in [2.45, 2.75) is 177 Å². The molecule has 11 heteroatoms. The summed E-state index contributed by atoms with van der Waals surface area (Å²) < 4.78 is 29.3. The molecule has 13 atom stereocenters. The maximum atomic E-state index is 13.3. The number of hydrogen-bond acceptors (Lipinski definition) is 11. The summed E-state index contributed by atoms with van der Waals surface area (Å²) in [6.07, 6.45) is 3.51. The molecule has 11 nitrogen and oxygen atoms in total. The van der Waals surface area contributed by atoms with Crippen LogP contribution in [0.4, 0.5) is 0 Å². The molecular formula is C44H66O11. The molecule has 7 unspecified atom stereocenters. The van der Waals surface area contributed by atoms with E-state index in [0.717, 1.165) is 44.9 Å². The van der Waals surface area contributed by atoms with Crippen molar-refractivity contribution in [1.29, 1.82) is 0 Å². The Morgan fingerprint density at radius 2 is 1.38 bits per heavy atom. The fourth-order valence-electron chi connectivity index (χ4n) is 13.4. The normalized spacial score (nSPS) is 43.5. The van der Waals surface area contributed by atoms with Crippen LogP contribution in [0.2, 0.25) is 0 Å². The SMILES string of the molecule is CC(=O)OCC1O[C@@H](C(O)[C@]23CCC(C)(C)CC2C2=CCC4[C@@]5(C)CCC(=O)C(C)(C)C5CC[C@@]4(C)[C@]2(C)CC3)C(OC(C)=O)C(OC(C)=O)[C@@H]1OC(C)=O. The lowest BCUT2D eigenvalue weighted by Crippen LogP contribution is -2.69. The fourth-order valence-corrected chi connectivity index (χ4v) is 13.4. The monoisotopic (exact) mass is 770 g/mol.